The number of urea groups is 1. The van der Waals surface area contributed by atoms with Gasteiger partial charge in [-0.25, -0.2) is 14.8 Å². The molecule has 27 heavy (non-hydrogen) atoms. The van der Waals surface area contributed by atoms with Gasteiger partial charge in [-0.3, -0.25) is 15.2 Å². The monoisotopic (exact) mass is 368 g/mol. The number of rotatable bonds is 2. The van der Waals surface area contributed by atoms with Crippen molar-refractivity contribution in [2.75, 3.05) is 44.6 Å². The van der Waals surface area contributed by atoms with Gasteiger partial charge in [-0.2, -0.15) is 0 Å². The van der Waals surface area contributed by atoms with Crippen molar-refractivity contribution < 1.29 is 4.79 Å². The zero-order chi connectivity index (χ0) is 18.5. The molecule has 4 heterocycles. The van der Waals surface area contributed by atoms with Crippen molar-refractivity contribution in [2.24, 2.45) is 4.99 Å². The van der Waals surface area contributed by atoms with E-state index in [0.29, 0.717) is 5.82 Å². The molecule has 2 saturated heterocycles. The third-order valence-corrected chi connectivity index (χ3v) is 4.92. The Balaban J connectivity index is 1.56. The van der Waals surface area contributed by atoms with Crippen molar-refractivity contribution in [2.45, 2.75) is 12.5 Å². The molecule has 9 nitrogen and oxygen atoms in total. The SMILES string of the molecule is O=C(Nc1cnccn1)N1C=NC(N2CCNCC2)=CC=CN2CC[C@H]1C2. The molecule has 2 fully saturated rings. The lowest BCUT2D eigenvalue weighted by molar-refractivity contribution is 0.223. The lowest BCUT2D eigenvalue weighted by Gasteiger charge is -2.30. The molecule has 0 radical (unpaired) electrons. The van der Waals surface area contributed by atoms with Gasteiger partial charge in [-0.05, 0) is 24.8 Å². The smallest absolute Gasteiger partial charge is 0.328 e. The minimum atomic E-state index is -0.240. The minimum absolute atomic E-state index is 0.0671. The van der Waals surface area contributed by atoms with Crippen molar-refractivity contribution in [3.8, 4) is 0 Å². The Hall–Kier alpha value is -2.94. The van der Waals surface area contributed by atoms with Gasteiger partial charge in [0.1, 0.15) is 12.2 Å². The van der Waals surface area contributed by atoms with Gasteiger partial charge in [-0.15, -0.1) is 0 Å². The van der Waals surface area contributed by atoms with Crippen LogP contribution in [0.1, 0.15) is 6.42 Å². The fourth-order valence-corrected chi connectivity index (χ4v) is 3.48. The lowest BCUT2D eigenvalue weighted by atomic mass is 10.2. The van der Waals surface area contributed by atoms with Crippen LogP contribution in [0.5, 0.6) is 0 Å². The zero-order valence-electron chi connectivity index (χ0n) is 15.2. The van der Waals surface area contributed by atoms with Crippen LogP contribution >= 0.6 is 0 Å². The molecule has 1 aromatic heterocycles. The van der Waals surface area contributed by atoms with Gasteiger partial charge >= 0.3 is 6.03 Å². The van der Waals surface area contributed by atoms with Crippen molar-refractivity contribution in [1.82, 2.24) is 30.0 Å². The predicted molar refractivity (Wildman–Crippen MR) is 103 cm³/mol. The summed E-state index contributed by atoms with van der Waals surface area (Å²) in [5.74, 6) is 1.30. The maximum absolute atomic E-state index is 12.9. The molecule has 2 amide bonds. The van der Waals surface area contributed by atoms with Crippen LogP contribution in [-0.2, 0) is 0 Å². The largest absolute Gasteiger partial charge is 0.375 e. The third kappa shape index (κ3) is 4.25. The van der Waals surface area contributed by atoms with Crippen molar-refractivity contribution in [3.05, 3.63) is 42.8 Å². The van der Waals surface area contributed by atoms with E-state index in [1.165, 1.54) is 6.20 Å². The van der Waals surface area contributed by atoms with Gasteiger partial charge in [-0.1, -0.05) is 0 Å². The number of allylic oxidation sites excluding steroid dienone is 2. The molecule has 3 aliphatic heterocycles. The van der Waals surface area contributed by atoms with E-state index in [2.05, 4.69) is 41.6 Å². The number of nitrogens with one attached hydrogen (secondary N) is 2. The maximum Gasteiger partial charge on any atom is 0.328 e. The van der Waals surface area contributed by atoms with Gasteiger partial charge in [0.2, 0.25) is 0 Å². The quantitative estimate of drug-likeness (QED) is 0.798. The van der Waals surface area contributed by atoms with Gasteiger partial charge in [0.15, 0.2) is 5.82 Å². The molecular weight excluding hydrogens is 344 g/mol. The molecule has 4 rings (SSSR count). The predicted octanol–water partition coefficient (Wildman–Crippen LogP) is 0.687. The van der Waals surface area contributed by atoms with Gasteiger partial charge in [0, 0.05) is 51.7 Å². The highest BCUT2D eigenvalue weighted by Gasteiger charge is 2.29. The van der Waals surface area contributed by atoms with Gasteiger partial charge in [0.05, 0.1) is 12.2 Å². The standard InChI is InChI=1S/C18H24N8O/c27-18(23-16-12-20-4-5-21-16)26-14-22-17(25-10-6-19-7-11-25)2-1-8-24-9-3-15(26)13-24/h1-2,4-5,8,12,14-15,19H,3,6-7,9-11,13H2,(H,21,23,27)/t15-/m0/s1. The second-order valence-corrected chi connectivity index (χ2v) is 6.71. The fourth-order valence-electron chi connectivity index (χ4n) is 3.48. The third-order valence-electron chi connectivity index (χ3n) is 4.92. The Morgan fingerprint density at radius 1 is 1.22 bits per heavy atom. The van der Waals surface area contributed by atoms with Crippen LogP contribution in [0.25, 0.3) is 0 Å². The van der Waals surface area contributed by atoms with Gasteiger partial charge in [0.25, 0.3) is 0 Å². The summed E-state index contributed by atoms with van der Waals surface area (Å²) in [5.41, 5.74) is 0. The number of carbonyl (C=O) groups excluding carboxylic acids is 1. The van der Waals surface area contributed by atoms with E-state index < -0.39 is 0 Å². The molecule has 1 atom stereocenters. The molecule has 0 unspecified atom stereocenters. The highest BCUT2D eigenvalue weighted by atomic mass is 16.2. The highest BCUT2D eigenvalue weighted by Crippen LogP contribution is 2.18. The summed E-state index contributed by atoms with van der Waals surface area (Å²) in [6.07, 6.45) is 13.4. The molecule has 2 bridgehead atoms. The Bertz CT molecular complexity index is 741. The number of amides is 2. The number of anilines is 1. The van der Waals surface area contributed by atoms with E-state index in [1.54, 1.807) is 23.6 Å². The van der Waals surface area contributed by atoms with Crippen LogP contribution in [-0.4, -0.2) is 82.3 Å². The van der Waals surface area contributed by atoms with Gasteiger partial charge < -0.3 is 15.1 Å². The Morgan fingerprint density at radius 2 is 2.11 bits per heavy atom. The zero-order valence-corrected chi connectivity index (χ0v) is 15.2. The first-order chi connectivity index (χ1) is 13.3. The van der Waals surface area contributed by atoms with Crippen LogP contribution in [0.4, 0.5) is 10.6 Å². The molecule has 142 valence electrons. The fraction of sp³-hybridized carbons (Fsp3) is 0.444. The average molecular weight is 368 g/mol. The summed E-state index contributed by atoms with van der Waals surface area (Å²) < 4.78 is 0. The highest BCUT2D eigenvalue weighted by molar-refractivity contribution is 5.96. The van der Waals surface area contributed by atoms with Crippen molar-refractivity contribution >= 4 is 18.2 Å². The molecule has 2 N–H and O–H groups in total. The summed E-state index contributed by atoms with van der Waals surface area (Å²) >= 11 is 0. The van der Waals surface area contributed by atoms with E-state index in [9.17, 15) is 4.79 Å². The normalized spacial score (nSPS) is 22.6. The summed E-state index contributed by atoms with van der Waals surface area (Å²) in [4.78, 5) is 31.8. The van der Waals surface area contributed by atoms with E-state index in [1.807, 2.05) is 12.2 Å². The van der Waals surface area contributed by atoms with Crippen LogP contribution < -0.4 is 10.6 Å². The maximum atomic E-state index is 12.9. The number of aromatic nitrogens is 2. The summed E-state index contributed by atoms with van der Waals surface area (Å²) in [5, 5.41) is 6.16. The molecule has 0 spiro atoms. The lowest BCUT2D eigenvalue weighted by Crippen LogP contribution is -2.44. The summed E-state index contributed by atoms with van der Waals surface area (Å²) in [7, 11) is 0. The number of nitrogens with zero attached hydrogens (tertiary/aromatic N) is 6. The number of carbonyl (C=O) groups is 1. The molecule has 3 aliphatic rings. The molecule has 0 aromatic carbocycles. The molecule has 9 heteroatoms. The summed E-state index contributed by atoms with van der Waals surface area (Å²) in [6.45, 7) is 5.37. The first kappa shape index (κ1) is 17.5. The first-order valence-electron chi connectivity index (χ1n) is 9.27. The Kier molecular flexibility index (Phi) is 5.29. The van der Waals surface area contributed by atoms with Crippen LogP contribution in [0.2, 0.25) is 0 Å². The van der Waals surface area contributed by atoms with Crippen LogP contribution in [0.15, 0.2) is 47.8 Å². The van der Waals surface area contributed by atoms with E-state index >= 15 is 0 Å². The molecular formula is C18H24N8O. The molecule has 1 aromatic rings. The second kappa shape index (κ2) is 8.17. The Labute approximate surface area is 158 Å². The Morgan fingerprint density at radius 3 is 2.93 bits per heavy atom. The number of piperazine rings is 1. The number of hydrogen-bond donors (Lipinski definition) is 2. The number of hydrogen-bond acceptors (Lipinski definition) is 7. The second-order valence-electron chi connectivity index (χ2n) is 6.71. The van der Waals surface area contributed by atoms with Crippen LogP contribution in [0.3, 0.4) is 0 Å². The average Bonchev–Trinajstić information content (AvgIpc) is 3.16. The van der Waals surface area contributed by atoms with Crippen molar-refractivity contribution in [3.63, 3.8) is 0 Å². The minimum Gasteiger partial charge on any atom is -0.375 e. The topological polar surface area (TPSA) is 89.0 Å². The van der Waals surface area contributed by atoms with E-state index in [4.69, 9.17) is 0 Å². The van der Waals surface area contributed by atoms with E-state index in [-0.39, 0.29) is 12.1 Å². The molecule has 0 saturated carbocycles. The number of fused-ring (bicyclic) bond motifs is 2. The molecule has 0 aliphatic carbocycles. The summed E-state index contributed by atoms with van der Waals surface area (Å²) in [6, 6.07) is -0.173. The van der Waals surface area contributed by atoms with Crippen molar-refractivity contribution in [1.29, 1.82) is 0 Å². The first-order valence-corrected chi connectivity index (χ1v) is 9.27. The van der Waals surface area contributed by atoms with Crippen LogP contribution in [0, 0.1) is 0 Å². The van der Waals surface area contributed by atoms with E-state index in [0.717, 1.165) is 51.5 Å². The number of aliphatic imine (C=N–C) groups is 1.